The van der Waals surface area contributed by atoms with E-state index in [1.807, 2.05) is 0 Å². The molecule has 0 aliphatic carbocycles. The lowest BCUT2D eigenvalue weighted by Crippen LogP contribution is -2.41. The standard InChI is InChI=1S/C11H17N3O4/c1-2-17-9(15)8-13-10(18-14-8)11(7-12)3-5-16-6-4-11/h2-7,12H2,1H3. The first-order chi connectivity index (χ1) is 8.72. The highest BCUT2D eigenvalue weighted by Gasteiger charge is 2.39. The number of hydrogen-bond donors (Lipinski definition) is 1. The van der Waals surface area contributed by atoms with Crippen LogP contribution in [0.5, 0.6) is 0 Å². The molecule has 0 unspecified atom stereocenters. The van der Waals surface area contributed by atoms with E-state index in [1.165, 1.54) is 0 Å². The first-order valence-corrected chi connectivity index (χ1v) is 6.01. The smallest absolute Gasteiger partial charge is 0.379 e. The zero-order valence-electron chi connectivity index (χ0n) is 10.3. The molecule has 1 aromatic heterocycles. The third kappa shape index (κ3) is 2.37. The summed E-state index contributed by atoms with van der Waals surface area (Å²) < 4.78 is 15.3. The molecule has 100 valence electrons. The summed E-state index contributed by atoms with van der Waals surface area (Å²) >= 11 is 0. The molecular weight excluding hydrogens is 238 g/mol. The van der Waals surface area contributed by atoms with Gasteiger partial charge in [-0.1, -0.05) is 0 Å². The van der Waals surface area contributed by atoms with Gasteiger partial charge >= 0.3 is 5.97 Å². The van der Waals surface area contributed by atoms with E-state index in [0.717, 1.165) is 0 Å². The van der Waals surface area contributed by atoms with Crippen molar-refractivity contribution in [1.29, 1.82) is 0 Å². The first-order valence-electron chi connectivity index (χ1n) is 6.01. The Morgan fingerprint density at radius 2 is 2.22 bits per heavy atom. The van der Waals surface area contributed by atoms with Crippen molar-refractivity contribution < 1.29 is 18.8 Å². The van der Waals surface area contributed by atoms with Crippen molar-refractivity contribution in [3.05, 3.63) is 11.7 Å². The van der Waals surface area contributed by atoms with Crippen LogP contribution in [-0.2, 0) is 14.9 Å². The van der Waals surface area contributed by atoms with Crippen LogP contribution in [-0.4, -0.2) is 42.5 Å². The maximum Gasteiger partial charge on any atom is 0.379 e. The quantitative estimate of drug-likeness (QED) is 0.770. The zero-order valence-corrected chi connectivity index (χ0v) is 10.3. The second kappa shape index (κ2) is 5.45. The molecule has 2 heterocycles. The van der Waals surface area contributed by atoms with Gasteiger partial charge in [-0.25, -0.2) is 4.79 Å². The van der Waals surface area contributed by atoms with Gasteiger partial charge in [0.25, 0.3) is 5.82 Å². The molecule has 0 aromatic carbocycles. The van der Waals surface area contributed by atoms with Crippen LogP contribution >= 0.6 is 0 Å². The van der Waals surface area contributed by atoms with Gasteiger partial charge in [0.15, 0.2) is 0 Å². The summed E-state index contributed by atoms with van der Waals surface area (Å²) in [7, 11) is 0. The fourth-order valence-corrected chi connectivity index (χ4v) is 1.98. The molecule has 18 heavy (non-hydrogen) atoms. The highest BCUT2D eigenvalue weighted by atomic mass is 16.5. The van der Waals surface area contributed by atoms with Gasteiger partial charge in [0.1, 0.15) is 0 Å². The Morgan fingerprint density at radius 1 is 1.50 bits per heavy atom. The molecule has 1 aliphatic heterocycles. The third-order valence-electron chi connectivity index (χ3n) is 3.18. The number of ether oxygens (including phenoxy) is 2. The number of rotatable bonds is 4. The lowest BCUT2D eigenvalue weighted by atomic mass is 9.80. The predicted molar refractivity (Wildman–Crippen MR) is 61.0 cm³/mol. The first kappa shape index (κ1) is 13.0. The Kier molecular flexibility index (Phi) is 3.93. The van der Waals surface area contributed by atoms with Crippen molar-refractivity contribution in [3.63, 3.8) is 0 Å². The molecule has 1 saturated heterocycles. The van der Waals surface area contributed by atoms with Crippen LogP contribution in [0, 0.1) is 0 Å². The van der Waals surface area contributed by atoms with E-state index < -0.39 is 5.97 Å². The summed E-state index contributed by atoms with van der Waals surface area (Å²) in [6.07, 6.45) is 1.43. The highest BCUT2D eigenvalue weighted by molar-refractivity contribution is 5.84. The van der Waals surface area contributed by atoms with Crippen molar-refractivity contribution in [2.75, 3.05) is 26.4 Å². The summed E-state index contributed by atoms with van der Waals surface area (Å²) in [4.78, 5) is 15.6. The van der Waals surface area contributed by atoms with E-state index in [-0.39, 0.29) is 17.8 Å². The Balaban J connectivity index is 2.19. The van der Waals surface area contributed by atoms with Gasteiger partial charge in [0.05, 0.1) is 12.0 Å². The second-order valence-corrected chi connectivity index (χ2v) is 4.24. The topological polar surface area (TPSA) is 100 Å². The molecule has 2 N–H and O–H groups in total. The fourth-order valence-electron chi connectivity index (χ4n) is 1.98. The summed E-state index contributed by atoms with van der Waals surface area (Å²) in [6, 6.07) is 0. The molecule has 0 radical (unpaired) electrons. The predicted octanol–water partition coefficient (Wildman–Crippen LogP) is 0.253. The molecule has 7 nitrogen and oxygen atoms in total. The van der Waals surface area contributed by atoms with E-state index in [4.69, 9.17) is 19.7 Å². The SMILES string of the molecule is CCOC(=O)c1noc(C2(CN)CCOCC2)n1. The third-order valence-corrected chi connectivity index (χ3v) is 3.18. The largest absolute Gasteiger partial charge is 0.460 e. The Hall–Kier alpha value is -1.47. The van der Waals surface area contributed by atoms with Crippen LogP contribution in [0.2, 0.25) is 0 Å². The van der Waals surface area contributed by atoms with Crippen molar-refractivity contribution in [2.45, 2.75) is 25.2 Å². The molecule has 0 bridgehead atoms. The second-order valence-electron chi connectivity index (χ2n) is 4.24. The fraction of sp³-hybridized carbons (Fsp3) is 0.727. The molecule has 0 amide bonds. The normalized spacial score (nSPS) is 18.6. The number of aromatic nitrogens is 2. The molecule has 0 atom stereocenters. The molecule has 0 saturated carbocycles. The van der Waals surface area contributed by atoms with Crippen LogP contribution in [0.3, 0.4) is 0 Å². The lowest BCUT2D eigenvalue weighted by Gasteiger charge is -2.32. The van der Waals surface area contributed by atoms with E-state index in [1.54, 1.807) is 6.92 Å². The molecule has 7 heteroatoms. The number of esters is 1. The number of carbonyl (C=O) groups is 1. The van der Waals surface area contributed by atoms with E-state index >= 15 is 0 Å². The number of nitrogens with zero attached hydrogens (tertiary/aromatic N) is 2. The molecule has 1 aliphatic rings. The number of carbonyl (C=O) groups excluding carboxylic acids is 1. The average Bonchev–Trinajstić information content (AvgIpc) is 2.90. The minimum absolute atomic E-state index is 0.0498. The van der Waals surface area contributed by atoms with Gasteiger partial charge in [0.2, 0.25) is 5.89 Å². The maximum atomic E-state index is 11.5. The number of hydrogen-bond acceptors (Lipinski definition) is 7. The average molecular weight is 255 g/mol. The molecule has 1 aromatic rings. The Labute approximate surface area is 105 Å². The van der Waals surface area contributed by atoms with Gasteiger partial charge in [-0.05, 0) is 24.9 Å². The van der Waals surface area contributed by atoms with Gasteiger partial charge in [-0.3, -0.25) is 0 Å². The maximum absolute atomic E-state index is 11.5. The van der Waals surface area contributed by atoms with Gasteiger partial charge < -0.3 is 19.7 Å². The van der Waals surface area contributed by atoms with E-state index in [2.05, 4.69) is 10.1 Å². The number of nitrogens with two attached hydrogens (primary N) is 1. The lowest BCUT2D eigenvalue weighted by molar-refractivity contribution is 0.0408. The monoisotopic (exact) mass is 255 g/mol. The van der Waals surface area contributed by atoms with Crippen molar-refractivity contribution in [3.8, 4) is 0 Å². The summed E-state index contributed by atoms with van der Waals surface area (Å²) in [5, 5.41) is 3.65. The molecule has 2 rings (SSSR count). The Morgan fingerprint density at radius 3 is 2.83 bits per heavy atom. The van der Waals surface area contributed by atoms with Crippen LogP contribution in [0.1, 0.15) is 36.3 Å². The highest BCUT2D eigenvalue weighted by Crippen LogP contribution is 2.32. The summed E-state index contributed by atoms with van der Waals surface area (Å²) in [5.74, 6) is -0.228. The van der Waals surface area contributed by atoms with Crippen LogP contribution in [0.15, 0.2) is 4.52 Å². The molecule has 1 fully saturated rings. The minimum Gasteiger partial charge on any atom is -0.460 e. The summed E-state index contributed by atoms with van der Waals surface area (Å²) in [5.41, 5.74) is 5.44. The van der Waals surface area contributed by atoms with Crippen LogP contribution in [0.25, 0.3) is 0 Å². The van der Waals surface area contributed by atoms with Crippen molar-refractivity contribution in [2.24, 2.45) is 5.73 Å². The van der Waals surface area contributed by atoms with Crippen LogP contribution in [0.4, 0.5) is 0 Å². The minimum atomic E-state index is -0.577. The zero-order chi connectivity index (χ0) is 13.0. The van der Waals surface area contributed by atoms with E-state index in [9.17, 15) is 4.79 Å². The van der Waals surface area contributed by atoms with Crippen molar-refractivity contribution in [1.82, 2.24) is 10.1 Å². The van der Waals surface area contributed by atoms with Crippen molar-refractivity contribution >= 4 is 5.97 Å². The van der Waals surface area contributed by atoms with E-state index in [0.29, 0.717) is 38.5 Å². The summed E-state index contributed by atoms with van der Waals surface area (Å²) in [6.45, 7) is 3.60. The van der Waals surface area contributed by atoms with Gasteiger partial charge in [0, 0.05) is 19.8 Å². The Bertz CT molecular complexity index is 412. The van der Waals surface area contributed by atoms with Gasteiger partial charge in [-0.15, -0.1) is 0 Å². The van der Waals surface area contributed by atoms with Crippen LogP contribution < -0.4 is 5.73 Å². The molecular formula is C11H17N3O4. The molecule has 0 spiro atoms. The van der Waals surface area contributed by atoms with Gasteiger partial charge in [-0.2, -0.15) is 4.98 Å².